The lowest BCUT2D eigenvalue weighted by atomic mass is 9.95. The van der Waals surface area contributed by atoms with Crippen molar-refractivity contribution in [3.05, 3.63) is 206 Å². The second-order valence-electron chi connectivity index (χ2n) is 14.1. The van der Waals surface area contributed by atoms with Gasteiger partial charge in [0, 0.05) is 49.7 Å². The first-order valence-corrected chi connectivity index (χ1v) is 18.8. The molecule has 0 spiro atoms. The van der Waals surface area contributed by atoms with Crippen LogP contribution in [0.2, 0.25) is 0 Å². The Kier molecular flexibility index (Phi) is 7.17. The van der Waals surface area contributed by atoms with E-state index in [0.29, 0.717) is 0 Å². The van der Waals surface area contributed by atoms with Gasteiger partial charge >= 0.3 is 0 Å². The molecular weight excluding hydrogens is 669 g/mol. The summed E-state index contributed by atoms with van der Waals surface area (Å²) in [6.45, 7) is 0. The summed E-state index contributed by atoms with van der Waals surface area (Å²) in [5.41, 5.74) is 13.3. The first kappa shape index (κ1) is 31.2. The van der Waals surface area contributed by atoms with Crippen molar-refractivity contribution in [1.29, 1.82) is 0 Å². The number of aromatic nitrogens is 1. The molecule has 0 N–H and O–H groups in total. The van der Waals surface area contributed by atoms with E-state index in [4.69, 9.17) is 4.42 Å². The molecule has 11 rings (SSSR count). The van der Waals surface area contributed by atoms with E-state index < -0.39 is 0 Å². The number of rotatable bonds is 6. The van der Waals surface area contributed by atoms with Gasteiger partial charge in [-0.3, -0.25) is 0 Å². The molecule has 55 heavy (non-hydrogen) atoms. The Morgan fingerprint density at radius 3 is 1.73 bits per heavy atom. The quantitative estimate of drug-likeness (QED) is 0.172. The van der Waals surface area contributed by atoms with Crippen LogP contribution >= 0.6 is 0 Å². The molecule has 258 valence electrons. The van der Waals surface area contributed by atoms with Crippen molar-refractivity contribution in [3.63, 3.8) is 0 Å². The number of anilines is 3. The first-order valence-electron chi connectivity index (χ1n) is 18.8. The molecule has 2 heterocycles. The zero-order valence-electron chi connectivity index (χ0n) is 29.9. The normalized spacial score (nSPS) is 11.6. The van der Waals surface area contributed by atoms with Crippen LogP contribution < -0.4 is 4.90 Å². The molecule has 0 radical (unpaired) electrons. The number of nitrogens with zero attached hydrogens (tertiary/aromatic N) is 2. The summed E-state index contributed by atoms with van der Waals surface area (Å²) in [4.78, 5) is 2.35. The van der Waals surface area contributed by atoms with Crippen molar-refractivity contribution in [2.24, 2.45) is 0 Å². The minimum atomic E-state index is 0.893. The second-order valence-corrected chi connectivity index (χ2v) is 14.1. The number of furan rings is 1. The van der Waals surface area contributed by atoms with Crippen molar-refractivity contribution >= 4 is 71.6 Å². The minimum absolute atomic E-state index is 0.893. The fourth-order valence-electron chi connectivity index (χ4n) is 8.41. The summed E-state index contributed by atoms with van der Waals surface area (Å²) in [7, 11) is 0. The van der Waals surface area contributed by atoms with E-state index in [-0.39, 0.29) is 0 Å². The second kappa shape index (κ2) is 12.6. The predicted molar refractivity (Wildman–Crippen MR) is 231 cm³/mol. The molecular formula is C52H34N2O. The monoisotopic (exact) mass is 702 g/mol. The van der Waals surface area contributed by atoms with Crippen LogP contribution in [0.4, 0.5) is 17.1 Å². The molecule has 9 aromatic carbocycles. The van der Waals surface area contributed by atoms with Crippen LogP contribution in [-0.2, 0) is 0 Å². The third kappa shape index (κ3) is 5.13. The predicted octanol–water partition coefficient (Wildman–Crippen LogP) is 14.6. The van der Waals surface area contributed by atoms with Gasteiger partial charge < -0.3 is 13.9 Å². The topological polar surface area (TPSA) is 21.3 Å². The lowest BCUT2D eigenvalue weighted by molar-refractivity contribution is 0.673. The van der Waals surface area contributed by atoms with E-state index in [0.717, 1.165) is 61.2 Å². The Morgan fingerprint density at radius 2 is 0.945 bits per heavy atom. The van der Waals surface area contributed by atoms with Crippen LogP contribution in [0.5, 0.6) is 0 Å². The largest absolute Gasteiger partial charge is 0.455 e. The van der Waals surface area contributed by atoms with Crippen LogP contribution in [0.1, 0.15) is 0 Å². The average molecular weight is 703 g/mol. The van der Waals surface area contributed by atoms with Gasteiger partial charge in [0.25, 0.3) is 0 Å². The third-order valence-corrected chi connectivity index (χ3v) is 11.0. The van der Waals surface area contributed by atoms with Gasteiger partial charge in [-0.25, -0.2) is 0 Å². The Hall–Kier alpha value is -7.36. The molecule has 0 fully saturated rings. The van der Waals surface area contributed by atoms with Gasteiger partial charge in [0.1, 0.15) is 11.2 Å². The van der Waals surface area contributed by atoms with Crippen LogP contribution in [0.25, 0.3) is 82.5 Å². The molecule has 0 aliphatic carbocycles. The van der Waals surface area contributed by atoms with Crippen molar-refractivity contribution in [3.8, 4) is 27.9 Å². The molecule has 3 nitrogen and oxygen atoms in total. The highest BCUT2D eigenvalue weighted by Gasteiger charge is 2.19. The van der Waals surface area contributed by atoms with E-state index in [1.807, 2.05) is 0 Å². The third-order valence-electron chi connectivity index (χ3n) is 11.0. The molecule has 0 atom stereocenters. The lowest BCUT2D eigenvalue weighted by Crippen LogP contribution is -2.10. The van der Waals surface area contributed by atoms with E-state index in [1.165, 1.54) is 38.3 Å². The van der Waals surface area contributed by atoms with Crippen LogP contribution in [0.3, 0.4) is 0 Å². The number of hydrogen-bond acceptors (Lipinski definition) is 2. The van der Waals surface area contributed by atoms with Crippen molar-refractivity contribution in [1.82, 2.24) is 4.57 Å². The van der Waals surface area contributed by atoms with Gasteiger partial charge in [-0.2, -0.15) is 0 Å². The highest BCUT2D eigenvalue weighted by Crippen LogP contribution is 2.43. The molecule has 11 aromatic rings. The smallest absolute Gasteiger partial charge is 0.143 e. The molecule has 0 unspecified atom stereocenters. The van der Waals surface area contributed by atoms with Gasteiger partial charge in [-0.1, -0.05) is 133 Å². The zero-order valence-corrected chi connectivity index (χ0v) is 29.9. The van der Waals surface area contributed by atoms with Crippen LogP contribution in [0.15, 0.2) is 211 Å². The summed E-state index contributed by atoms with van der Waals surface area (Å²) in [6.07, 6.45) is 0. The fourth-order valence-corrected chi connectivity index (χ4v) is 8.41. The Bertz CT molecular complexity index is 3180. The van der Waals surface area contributed by atoms with E-state index in [9.17, 15) is 0 Å². The molecule has 0 aliphatic heterocycles. The standard InChI is InChI=1S/C52H34N2O/c1-4-14-36(15-5-1)46-34-48-47-32-37(26-31-51(47)55-52(48)45-22-11-10-20-42(45)46)35-24-27-40(28-25-35)53(38-16-6-2-7-17-38)41-29-30-44-43-21-12-13-23-49(43)54(50(44)33-41)39-18-8-3-9-19-39/h1-34H. The van der Waals surface area contributed by atoms with Crippen molar-refractivity contribution in [2.45, 2.75) is 0 Å². The molecule has 0 saturated heterocycles. The van der Waals surface area contributed by atoms with Gasteiger partial charge in [-0.15, -0.1) is 0 Å². The van der Waals surface area contributed by atoms with Gasteiger partial charge in [0.05, 0.1) is 11.0 Å². The molecule has 0 amide bonds. The maximum absolute atomic E-state index is 6.57. The van der Waals surface area contributed by atoms with Crippen LogP contribution in [0, 0.1) is 0 Å². The summed E-state index contributed by atoms with van der Waals surface area (Å²) in [6, 6.07) is 73.8. The maximum Gasteiger partial charge on any atom is 0.143 e. The number of benzene rings is 9. The van der Waals surface area contributed by atoms with E-state index in [1.54, 1.807) is 0 Å². The van der Waals surface area contributed by atoms with Crippen molar-refractivity contribution in [2.75, 3.05) is 4.90 Å². The lowest BCUT2D eigenvalue weighted by Gasteiger charge is -2.26. The highest BCUT2D eigenvalue weighted by atomic mass is 16.3. The van der Waals surface area contributed by atoms with Gasteiger partial charge in [0.2, 0.25) is 0 Å². The van der Waals surface area contributed by atoms with Crippen LogP contribution in [-0.4, -0.2) is 4.57 Å². The Morgan fingerprint density at radius 1 is 0.345 bits per heavy atom. The molecule has 0 bridgehead atoms. The number of hydrogen-bond donors (Lipinski definition) is 0. The summed E-state index contributed by atoms with van der Waals surface area (Å²) < 4.78 is 8.95. The molecule has 3 heteroatoms. The first-order chi connectivity index (χ1) is 27.3. The molecule has 0 aliphatic rings. The summed E-state index contributed by atoms with van der Waals surface area (Å²) in [5.74, 6) is 0. The summed E-state index contributed by atoms with van der Waals surface area (Å²) >= 11 is 0. The molecule has 2 aromatic heterocycles. The van der Waals surface area contributed by atoms with Gasteiger partial charge in [-0.05, 0) is 100 Å². The molecule has 0 saturated carbocycles. The number of para-hydroxylation sites is 3. The Balaban J connectivity index is 1.03. The summed E-state index contributed by atoms with van der Waals surface area (Å²) in [5, 5.41) is 7.05. The minimum Gasteiger partial charge on any atom is -0.455 e. The van der Waals surface area contributed by atoms with Crippen molar-refractivity contribution < 1.29 is 4.42 Å². The number of fused-ring (bicyclic) bond motifs is 8. The maximum atomic E-state index is 6.57. The fraction of sp³-hybridized carbons (Fsp3) is 0. The van der Waals surface area contributed by atoms with Gasteiger partial charge in [0.15, 0.2) is 0 Å². The average Bonchev–Trinajstić information content (AvgIpc) is 3.80. The Labute approximate surface area is 318 Å². The zero-order chi connectivity index (χ0) is 36.3. The highest BCUT2D eigenvalue weighted by molar-refractivity contribution is 6.19. The van der Waals surface area contributed by atoms with E-state index >= 15 is 0 Å². The SMILES string of the molecule is c1ccc(-c2cc3c4cc(-c5ccc(N(c6ccccc6)c6ccc7c8ccccc8n(-c8ccccc8)c7c6)cc5)ccc4oc3c3ccccc23)cc1. The van der Waals surface area contributed by atoms with E-state index in [2.05, 4.69) is 216 Å².